The van der Waals surface area contributed by atoms with E-state index in [4.69, 9.17) is 17.0 Å². The second-order valence-electron chi connectivity index (χ2n) is 5.07. The average Bonchev–Trinajstić information content (AvgIpc) is 2.66. The lowest BCUT2D eigenvalue weighted by molar-refractivity contribution is -0.122. The van der Waals surface area contributed by atoms with Crippen molar-refractivity contribution in [1.29, 1.82) is 0 Å². The molecule has 0 aliphatic carbocycles. The molecule has 2 rings (SSSR count). The van der Waals surface area contributed by atoms with Crippen molar-refractivity contribution in [3.8, 4) is 5.75 Å². The van der Waals surface area contributed by atoms with Crippen LogP contribution < -0.4 is 10.1 Å². The summed E-state index contributed by atoms with van der Waals surface area (Å²) in [5, 5.41) is 3.44. The lowest BCUT2D eigenvalue weighted by Gasteiger charge is -2.15. The van der Waals surface area contributed by atoms with E-state index in [0.717, 1.165) is 11.3 Å². The van der Waals surface area contributed by atoms with Crippen LogP contribution in [0.25, 0.3) is 6.08 Å². The third-order valence-corrected chi connectivity index (χ3v) is 3.24. The molecule has 1 aromatic rings. The molecule has 1 aromatic carbocycles. The van der Waals surface area contributed by atoms with Crippen LogP contribution in [-0.4, -0.2) is 29.6 Å². The molecule has 5 heteroatoms. The van der Waals surface area contributed by atoms with Crippen molar-refractivity contribution in [2.45, 2.75) is 13.8 Å². The minimum atomic E-state index is -0.0773. The number of methoxy groups -OCH3 is 1. The van der Waals surface area contributed by atoms with Gasteiger partial charge in [-0.2, -0.15) is 0 Å². The Morgan fingerprint density at radius 2 is 2.20 bits per heavy atom. The molecular weight excluding hydrogens is 272 g/mol. The summed E-state index contributed by atoms with van der Waals surface area (Å²) in [6.07, 6.45) is 1.79. The lowest BCUT2D eigenvalue weighted by atomic mass is 10.1. The molecule has 106 valence electrons. The van der Waals surface area contributed by atoms with Gasteiger partial charge in [-0.3, -0.25) is 9.69 Å². The van der Waals surface area contributed by atoms with Crippen LogP contribution in [0.5, 0.6) is 5.75 Å². The van der Waals surface area contributed by atoms with Crippen LogP contribution >= 0.6 is 12.2 Å². The number of rotatable bonds is 4. The first-order chi connectivity index (χ1) is 9.51. The van der Waals surface area contributed by atoms with E-state index in [0.29, 0.717) is 23.3 Å². The van der Waals surface area contributed by atoms with Gasteiger partial charge in [0.2, 0.25) is 0 Å². The maximum absolute atomic E-state index is 12.3. The predicted octanol–water partition coefficient (Wildman–Crippen LogP) is 2.41. The number of nitrogens with zero attached hydrogens (tertiary/aromatic N) is 1. The largest absolute Gasteiger partial charge is 0.497 e. The molecule has 1 amide bonds. The molecule has 1 aliphatic heterocycles. The highest BCUT2D eigenvalue weighted by atomic mass is 32.1. The topological polar surface area (TPSA) is 41.6 Å². The summed E-state index contributed by atoms with van der Waals surface area (Å²) in [5.74, 6) is 1.05. The summed E-state index contributed by atoms with van der Waals surface area (Å²) in [6, 6.07) is 7.53. The molecule has 20 heavy (non-hydrogen) atoms. The van der Waals surface area contributed by atoms with Crippen molar-refractivity contribution in [2.75, 3.05) is 13.7 Å². The van der Waals surface area contributed by atoms with Gasteiger partial charge in [-0.05, 0) is 41.9 Å². The first-order valence-electron chi connectivity index (χ1n) is 6.50. The summed E-state index contributed by atoms with van der Waals surface area (Å²) in [6.45, 7) is 4.74. The number of hydrogen-bond donors (Lipinski definition) is 1. The van der Waals surface area contributed by atoms with Gasteiger partial charge in [0, 0.05) is 6.54 Å². The minimum Gasteiger partial charge on any atom is -0.497 e. The maximum atomic E-state index is 12.3. The van der Waals surface area contributed by atoms with E-state index in [1.165, 1.54) is 0 Å². The van der Waals surface area contributed by atoms with Gasteiger partial charge in [0.05, 0.1) is 7.11 Å². The first kappa shape index (κ1) is 14.5. The van der Waals surface area contributed by atoms with Gasteiger partial charge in [0.25, 0.3) is 5.91 Å². The third kappa shape index (κ3) is 3.17. The number of carbonyl (C=O) groups is 1. The smallest absolute Gasteiger partial charge is 0.276 e. The summed E-state index contributed by atoms with van der Waals surface area (Å²) in [4.78, 5) is 13.9. The number of carbonyl (C=O) groups excluding carboxylic acids is 1. The lowest BCUT2D eigenvalue weighted by Crippen LogP contribution is -2.33. The predicted molar refractivity (Wildman–Crippen MR) is 83.3 cm³/mol. The Balaban J connectivity index is 2.23. The normalized spacial score (nSPS) is 17.0. The van der Waals surface area contributed by atoms with E-state index in [9.17, 15) is 4.79 Å². The average molecular weight is 290 g/mol. The molecule has 0 unspecified atom stereocenters. The van der Waals surface area contributed by atoms with E-state index < -0.39 is 0 Å². The SMILES string of the molecule is COc1cccc(/C=C2/NC(=S)N(CC(C)C)C2=O)c1. The molecular formula is C15H18N2O2S. The third-order valence-electron chi connectivity index (χ3n) is 2.91. The van der Waals surface area contributed by atoms with Gasteiger partial charge >= 0.3 is 0 Å². The zero-order valence-corrected chi connectivity index (χ0v) is 12.7. The van der Waals surface area contributed by atoms with Crippen LogP contribution in [0.2, 0.25) is 0 Å². The van der Waals surface area contributed by atoms with Crippen LogP contribution in [0.1, 0.15) is 19.4 Å². The van der Waals surface area contributed by atoms with Crippen molar-refractivity contribution in [2.24, 2.45) is 5.92 Å². The van der Waals surface area contributed by atoms with E-state index in [-0.39, 0.29) is 5.91 Å². The van der Waals surface area contributed by atoms with E-state index in [2.05, 4.69) is 19.2 Å². The van der Waals surface area contributed by atoms with Gasteiger partial charge < -0.3 is 10.1 Å². The fourth-order valence-electron chi connectivity index (χ4n) is 2.00. The summed E-state index contributed by atoms with van der Waals surface area (Å²) in [5.41, 5.74) is 1.40. The van der Waals surface area contributed by atoms with E-state index in [1.54, 1.807) is 18.1 Å². The second-order valence-corrected chi connectivity index (χ2v) is 5.46. The Bertz CT molecular complexity index is 567. The Hall–Kier alpha value is -1.88. The number of nitrogens with one attached hydrogen (secondary N) is 1. The van der Waals surface area contributed by atoms with Crippen molar-refractivity contribution < 1.29 is 9.53 Å². The molecule has 0 atom stereocenters. The zero-order chi connectivity index (χ0) is 14.7. The molecule has 0 radical (unpaired) electrons. The number of ether oxygens (including phenoxy) is 1. The Morgan fingerprint density at radius 3 is 2.85 bits per heavy atom. The van der Waals surface area contributed by atoms with Crippen LogP contribution in [0, 0.1) is 5.92 Å². The highest BCUT2D eigenvalue weighted by Crippen LogP contribution is 2.18. The zero-order valence-electron chi connectivity index (χ0n) is 11.8. The van der Waals surface area contributed by atoms with Gasteiger partial charge in [-0.1, -0.05) is 26.0 Å². The van der Waals surface area contributed by atoms with Gasteiger partial charge in [-0.25, -0.2) is 0 Å². The minimum absolute atomic E-state index is 0.0773. The highest BCUT2D eigenvalue weighted by molar-refractivity contribution is 7.80. The molecule has 0 bridgehead atoms. The van der Waals surface area contributed by atoms with Crippen molar-refractivity contribution in [3.05, 3.63) is 35.5 Å². The molecule has 0 aromatic heterocycles. The molecule has 0 saturated carbocycles. The number of amides is 1. The molecule has 4 nitrogen and oxygen atoms in total. The fraction of sp³-hybridized carbons (Fsp3) is 0.333. The van der Waals surface area contributed by atoms with E-state index in [1.807, 2.05) is 24.3 Å². The molecule has 1 aliphatic rings. The van der Waals surface area contributed by atoms with Crippen LogP contribution in [-0.2, 0) is 4.79 Å². The standard InChI is InChI=1S/C15H18N2O2S/c1-10(2)9-17-14(18)13(16-15(17)20)8-11-5-4-6-12(7-11)19-3/h4-8,10H,9H2,1-3H3,(H,16,20)/b13-8+. The van der Waals surface area contributed by atoms with Gasteiger partial charge in [-0.15, -0.1) is 0 Å². The van der Waals surface area contributed by atoms with Crippen molar-refractivity contribution in [3.63, 3.8) is 0 Å². The molecule has 0 spiro atoms. The Kier molecular flexibility index (Phi) is 4.39. The Labute approximate surface area is 124 Å². The first-order valence-corrected chi connectivity index (χ1v) is 6.90. The van der Waals surface area contributed by atoms with E-state index >= 15 is 0 Å². The summed E-state index contributed by atoms with van der Waals surface area (Å²) in [7, 11) is 1.62. The second kappa shape index (κ2) is 6.05. The van der Waals surface area contributed by atoms with Crippen LogP contribution in [0.15, 0.2) is 30.0 Å². The number of hydrogen-bond acceptors (Lipinski definition) is 3. The van der Waals surface area contributed by atoms with Gasteiger partial charge in [0.15, 0.2) is 5.11 Å². The fourth-order valence-corrected chi connectivity index (χ4v) is 2.27. The maximum Gasteiger partial charge on any atom is 0.276 e. The van der Waals surface area contributed by atoms with Crippen molar-refractivity contribution in [1.82, 2.24) is 10.2 Å². The van der Waals surface area contributed by atoms with Gasteiger partial charge in [0.1, 0.15) is 11.4 Å². The highest BCUT2D eigenvalue weighted by Gasteiger charge is 2.30. The molecule has 1 fully saturated rings. The summed E-state index contributed by atoms with van der Waals surface area (Å²) < 4.78 is 5.17. The van der Waals surface area contributed by atoms with Crippen molar-refractivity contribution >= 4 is 29.3 Å². The number of benzene rings is 1. The number of thiocarbonyl (C=S) groups is 1. The monoisotopic (exact) mass is 290 g/mol. The van der Waals surface area contributed by atoms with Crippen LogP contribution in [0.4, 0.5) is 0 Å². The summed E-state index contributed by atoms with van der Waals surface area (Å²) >= 11 is 5.21. The Morgan fingerprint density at radius 1 is 1.45 bits per heavy atom. The molecule has 1 heterocycles. The quantitative estimate of drug-likeness (QED) is 0.683. The van der Waals surface area contributed by atoms with Crippen LogP contribution in [0.3, 0.4) is 0 Å². The molecule has 1 saturated heterocycles. The molecule has 1 N–H and O–H groups in total.